The minimum absolute atomic E-state index is 0.0789. The Hall–Kier alpha value is -1.55. The number of aryl methyl sites for hydroxylation is 1. The Morgan fingerprint density at radius 1 is 1.59 bits per heavy atom. The van der Waals surface area contributed by atoms with E-state index in [4.69, 9.17) is 15.6 Å². The van der Waals surface area contributed by atoms with Crippen molar-refractivity contribution in [1.82, 2.24) is 0 Å². The van der Waals surface area contributed by atoms with Crippen LogP contribution in [0, 0.1) is 6.92 Å². The number of nitrogens with two attached hydrogens (primary N) is 1. The fourth-order valence-electron chi connectivity index (χ4n) is 1.73. The highest BCUT2D eigenvalue weighted by Gasteiger charge is 2.25. The topological polar surface area (TPSA) is 72.5 Å². The fraction of sp³-hybridized carbons (Fsp3) is 0.462. The number of hydrogen-bond acceptors (Lipinski definition) is 3. The number of rotatable bonds is 5. The Morgan fingerprint density at radius 3 is 2.88 bits per heavy atom. The third-order valence-electron chi connectivity index (χ3n) is 2.78. The Kier molecular flexibility index (Phi) is 3.33. The maximum Gasteiger partial charge on any atom is 0.305 e. The van der Waals surface area contributed by atoms with Gasteiger partial charge in [-0.1, -0.05) is 17.7 Å². The number of carboxylic acids is 1. The first kappa shape index (κ1) is 11.9. The van der Waals surface area contributed by atoms with Gasteiger partial charge in [0.15, 0.2) is 0 Å². The highest BCUT2D eigenvalue weighted by atomic mass is 16.5. The Bertz CT molecular complexity index is 427. The van der Waals surface area contributed by atoms with E-state index < -0.39 is 12.0 Å². The second-order valence-corrected chi connectivity index (χ2v) is 4.56. The monoisotopic (exact) mass is 235 g/mol. The Labute approximate surface area is 100 Å². The zero-order chi connectivity index (χ0) is 12.4. The van der Waals surface area contributed by atoms with E-state index in [-0.39, 0.29) is 12.5 Å². The quantitative estimate of drug-likeness (QED) is 0.818. The lowest BCUT2D eigenvalue weighted by Gasteiger charge is -2.16. The summed E-state index contributed by atoms with van der Waals surface area (Å²) >= 11 is 0. The average Bonchev–Trinajstić information content (AvgIpc) is 3.03. The molecule has 1 aromatic rings. The summed E-state index contributed by atoms with van der Waals surface area (Å²) in [4.78, 5) is 10.7. The molecule has 1 aliphatic carbocycles. The SMILES string of the molecule is Cc1ccc(OC2CC2)c(C(N)CC(=O)O)c1. The summed E-state index contributed by atoms with van der Waals surface area (Å²) < 4.78 is 5.74. The summed E-state index contributed by atoms with van der Waals surface area (Å²) in [6.07, 6.45) is 2.35. The number of benzene rings is 1. The lowest BCUT2D eigenvalue weighted by Crippen LogP contribution is -2.16. The molecule has 0 bridgehead atoms. The van der Waals surface area contributed by atoms with Crippen molar-refractivity contribution in [2.45, 2.75) is 38.3 Å². The zero-order valence-corrected chi connectivity index (χ0v) is 9.85. The molecular weight excluding hydrogens is 218 g/mol. The average molecular weight is 235 g/mol. The first-order chi connectivity index (χ1) is 8.06. The van der Waals surface area contributed by atoms with Crippen molar-refractivity contribution >= 4 is 5.97 Å². The molecule has 1 aliphatic rings. The molecule has 4 heteroatoms. The second-order valence-electron chi connectivity index (χ2n) is 4.56. The van der Waals surface area contributed by atoms with Gasteiger partial charge < -0.3 is 15.6 Å². The summed E-state index contributed by atoms with van der Waals surface area (Å²) in [6, 6.07) is 5.23. The van der Waals surface area contributed by atoms with Gasteiger partial charge >= 0.3 is 5.97 Å². The third kappa shape index (κ3) is 3.20. The molecule has 0 aromatic heterocycles. The molecule has 1 saturated carbocycles. The van der Waals surface area contributed by atoms with Crippen molar-refractivity contribution < 1.29 is 14.6 Å². The predicted octanol–water partition coefficient (Wildman–Crippen LogP) is 2.01. The van der Waals surface area contributed by atoms with Crippen molar-refractivity contribution in [2.75, 3.05) is 0 Å². The summed E-state index contributed by atoms with van der Waals surface area (Å²) in [5.41, 5.74) is 7.75. The van der Waals surface area contributed by atoms with Crippen LogP contribution in [0.4, 0.5) is 0 Å². The van der Waals surface area contributed by atoms with Crippen LogP contribution < -0.4 is 10.5 Å². The van der Waals surface area contributed by atoms with Gasteiger partial charge in [-0.15, -0.1) is 0 Å². The van der Waals surface area contributed by atoms with Gasteiger partial charge in [-0.3, -0.25) is 4.79 Å². The summed E-state index contributed by atoms with van der Waals surface area (Å²) in [6.45, 7) is 1.96. The van der Waals surface area contributed by atoms with E-state index in [9.17, 15) is 4.79 Å². The van der Waals surface area contributed by atoms with Crippen LogP contribution in [0.3, 0.4) is 0 Å². The molecule has 0 heterocycles. The van der Waals surface area contributed by atoms with E-state index in [1.165, 1.54) is 0 Å². The molecule has 0 spiro atoms. The molecule has 1 aromatic carbocycles. The van der Waals surface area contributed by atoms with Crippen LogP contribution in [0.2, 0.25) is 0 Å². The van der Waals surface area contributed by atoms with E-state index in [1.807, 2.05) is 25.1 Å². The highest BCUT2D eigenvalue weighted by Crippen LogP contribution is 2.32. The third-order valence-corrected chi connectivity index (χ3v) is 2.78. The molecular formula is C13H17NO3. The molecule has 4 nitrogen and oxygen atoms in total. The molecule has 0 radical (unpaired) electrons. The van der Waals surface area contributed by atoms with Crippen molar-refractivity contribution in [2.24, 2.45) is 5.73 Å². The smallest absolute Gasteiger partial charge is 0.305 e. The van der Waals surface area contributed by atoms with Gasteiger partial charge in [-0.05, 0) is 25.8 Å². The van der Waals surface area contributed by atoms with Crippen LogP contribution in [-0.4, -0.2) is 17.2 Å². The molecule has 0 saturated heterocycles. The molecule has 17 heavy (non-hydrogen) atoms. The highest BCUT2D eigenvalue weighted by molar-refractivity contribution is 5.68. The molecule has 0 amide bonds. The lowest BCUT2D eigenvalue weighted by atomic mass is 10.0. The van der Waals surface area contributed by atoms with Gasteiger partial charge in [0.05, 0.1) is 12.5 Å². The van der Waals surface area contributed by atoms with Crippen molar-refractivity contribution in [3.8, 4) is 5.75 Å². The number of carboxylic acid groups (broad SMARTS) is 1. The summed E-state index contributed by atoms with van der Waals surface area (Å²) in [5, 5.41) is 8.78. The van der Waals surface area contributed by atoms with Crippen LogP contribution in [0.5, 0.6) is 5.75 Å². The summed E-state index contributed by atoms with van der Waals surface area (Å²) in [7, 11) is 0. The maximum absolute atomic E-state index is 10.7. The van der Waals surface area contributed by atoms with Gasteiger partial charge in [0, 0.05) is 11.6 Å². The number of carbonyl (C=O) groups is 1. The van der Waals surface area contributed by atoms with Crippen LogP contribution in [0.25, 0.3) is 0 Å². The maximum atomic E-state index is 10.7. The van der Waals surface area contributed by atoms with Gasteiger partial charge in [-0.2, -0.15) is 0 Å². The molecule has 3 N–H and O–H groups in total. The molecule has 0 aliphatic heterocycles. The van der Waals surface area contributed by atoms with Crippen molar-refractivity contribution in [3.63, 3.8) is 0 Å². The van der Waals surface area contributed by atoms with Crippen LogP contribution in [-0.2, 0) is 4.79 Å². The molecule has 1 atom stereocenters. The normalized spacial score (nSPS) is 16.6. The van der Waals surface area contributed by atoms with Crippen LogP contribution >= 0.6 is 0 Å². The minimum atomic E-state index is -0.892. The summed E-state index contributed by atoms with van der Waals surface area (Å²) in [5.74, 6) is -0.164. The first-order valence-corrected chi connectivity index (χ1v) is 5.81. The predicted molar refractivity (Wildman–Crippen MR) is 64.0 cm³/mol. The molecule has 1 unspecified atom stereocenters. The van der Waals surface area contributed by atoms with Gasteiger partial charge in [0.1, 0.15) is 5.75 Å². The fourth-order valence-corrected chi connectivity index (χ4v) is 1.73. The minimum Gasteiger partial charge on any atom is -0.490 e. The number of aliphatic carboxylic acids is 1. The zero-order valence-electron chi connectivity index (χ0n) is 9.85. The molecule has 92 valence electrons. The van der Waals surface area contributed by atoms with Gasteiger partial charge in [0.2, 0.25) is 0 Å². The van der Waals surface area contributed by atoms with E-state index in [1.54, 1.807) is 0 Å². The van der Waals surface area contributed by atoms with E-state index in [0.717, 1.165) is 29.7 Å². The van der Waals surface area contributed by atoms with Crippen molar-refractivity contribution in [3.05, 3.63) is 29.3 Å². The van der Waals surface area contributed by atoms with E-state index in [0.29, 0.717) is 0 Å². The first-order valence-electron chi connectivity index (χ1n) is 5.81. The molecule has 2 rings (SSSR count). The van der Waals surface area contributed by atoms with E-state index >= 15 is 0 Å². The van der Waals surface area contributed by atoms with Crippen LogP contribution in [0.1, 0.15) is 36.4 Å². The Balaban J connectivity index is 2.21. The van der Waals surface area contributed by atoms with E-state index in [2.05, 4.69) is 0 Å². The van der Waals surface area contributed by atoms with Gasteiger partial charge in [0.25, 0.3) is 0 Å². The lowest BCUT2D eigenvalue weighted by molar-refractivity contribution is -0.137. The van der Waals surface area contributed by atoms with Crippen molar-refractivity contribution in [1.29, 1.82) is 0 Å². The second kappa shape index (κ2) is 4.75. The molecule has 1 fully saturated rings. The van der Waals surface area contributed by atoms with Crippen LogP contribution in [0.15, 0.2) is 18.2 Å². The van der Waals surface area contributed by atoms with Gasteiger partial charge in [-0.25, -0.2) is 0 Å². The Morgan fingerprint density at radius 2 is 2.29 bits per heavy atom. The standard InChI is InChI=1S/C13H17NO3/c1-8-2-5-12(17-9-3-4-9)10(6-8)11(14)7-13(15)16/h2,5-6,9,11H,3-4,7,14H2,1H3,(H,15,16). The largest absolute Gasteiger partial charge is 0.490 e. The number of ether oxygens (including phenoxy) is 1. The number of hydrogen-bond donors (Lipinski definition) is 2.